The van der Waals surface area contributed by atoms with E-state index in [0.29, 0.717) is 0 Å². The summed E-state index contributed by atoms with van der Waals surface area (Å²) in [6.45, 7) is 10.5. The topological polar surface area (TPSA) is 0 Å². The molecular formula is C5H12U. The molecule has 1 heteroatoms. The zero-order chi connectivity index (χ0) is 4.71. The van der Waals surface area contributed by atoms with Crippen molar-refractivity contribution in [1.29, 1.82) is 0 Å². The maximum absolute atomic E-state index is 3.49. The number of rotatable bonds is 0. The van der Waals surface area contributed by atoms with Crippen molar-refractivity contribution >= 4 is 0 Å². The molecule has 0 amide bonds. The Morgan fingerprint density at radius 2 is 1.33 bits per heavy atom. The van der Waals surface area contributed by atoms with Crippen molar-refractivity contribution in [2.24, 2.45) is 0 Å². The van der Waals surface area contributed by atoms with Crippen LogP contribution in [0.5, 0.6) is 0 Å². The minimum atomic E-state index is 0. The van der Waals surface area contributed by atoms with Gasteiger partial charge < -0.3 is 13.8 Å². The Bertz CT molecular complexity index is 3.90. The van der Waals surface area contributed by atoms with Gasteiger partial charge in [-0.05, 0) is 0 Å². The summed E-state index contributed by atoms with van der Waals surface area (Å²) in [5.74, 6) is 0. The van der Waals surface area contributed by atoms with Gasteiger partial charge in [-0.1, -0.05) is 6.92 Å². The smallest absolute Gasteiger partial charge is 0.346 e. The molecule has 0 aliphatic rings. The van der Waals surface area contributed by atoms with Crippen LogP contribution in [0.2, 0.25) is 0 Å². The van der Waals surface area contributed by atoms with Crippen molar-refractivity contribution in [3.05, 3.63) is 13.8 Å². The minimum absolute atomic E-state index is 0. The largest absolute Gasteiger partial charge is 2.00 e. The molecule has 0 aromatic heterocycles. The molecule has 0 nitrogen and oxygen atoms in total. The summed E-state index contributed by atoms with van der Waals surface area (Å²) in [6, 6.07) is 0. The van der Waals surface area contributed by atoms with Gasteiger partial charge in [-0.2, -0.15) is 13.3 Å². The van der Waals surface area contributed by atoms with Gasteiger partial charge in [0, 0.05) is 0 Å². The third-order valence-corrected chi connectivity index (χ3v) is 0. The van der Waals surface area contributed by atoms with Crippen molar-refractivity contribution < 1.29 is 31.1 Å². The number of hydrogen-bond donors (Lipinski definition) is 0. The van der Waals surface area contributed by atoms with Gasteiger partial charge in [0.05, 0.1) is 0 Å². The van der Waals surface area contributed by atoms with Gasteiger partial charge in [-0.3, -0.25) is 0 Å². The summed E-state index contributed by atoms with van der Waals surface area (Å²) in [4.78, 5) is 0. The van der Waals surface area contributed by atoms with Crippen LogP contribution in [-0.4, -0.2) is 0 Å². The maximum Gasteiger partial charge on any atom is 2.00 e. The fourth-order valence-electron chi connectivity index (χ4n) is 0. The van der Waals surface area contributed by atoms with Crippen molar-refractivity contribution in [1.82, 2.24) is 0 Å². The van der Waals surface area contributed by atoms with Gasteiger partial charge in [0.1, 0.15) is 0 Å². The van der Waals surface area contributed by atoms with Gasteiger partial charge >= 0.3 is 31.1 Å². The third-order valence-electron chi connectivity index (χ3n) is 0. The fraction of sp³-hybridized carbons (Fsp3) is 0.600. The SMILES string of the molecule is [CH2-]C.[CH2-]CC.[U+2]. The molecule has 0 radical (unpaired) electrons. The predicted octanol–water partition coefficient (Wildman–Crippen LogP) is 2.07. The van der Waals surface area contributed by atoms with Crippen LogP contribution in [0.3, 0.4) is 0 Å². The minimum Gasteiger partial charge on any atom is -0.346 e. The summed E-state index contributed by atoms with van der Waals surface area (Å²) in [7, 11) is 0. The molecule has 0 spiro atoms. The third kappa shape index (κ3) is 75.0. The van der Waals surface area contributed by atoms with Gasteiger partial charge in [0.2, 0.25) is 0 Å². The van der Waals surface area contributed by atoms with Crippen molar-refractivity contribution in [3.8, 4) is 0 Å². The molecule has 0 atom stereocenters. The Morgan fingerprint density at radius 3 is 1.33 bits per heavy atom. The van der Waals surface area contributed by atoms with E-state index in [1.165, 1.54) is 0 Å². The summed E-state index contributed by atoms with van der Waals surface area (Å²) in [6.07, 6.45) is 1.00. The Hall–Kier alpha value is 1.05. The maximum atomic E-state index is 3.49. The molecule has 0 rings (SSSR count). The molecule has 0 saturated heterocycles. The molecular weight excluding hydrogens is 298 g/mol. The molecule has 0 bridgehead atoms. The van der Waals surface area contributed by atoms with Crippen molar-refractivity contribution in [2.75, 3.05) is 0 Å². The van der Waals surface area contributed by atoms with Crippen LogP contribution in [0.4, 0.5) is 0 Å². The van der Waals surface area contributed by atoms with Gasteiger partial charge in [0.15, 0.2) is 0 Å². The first-order chi connectivity index (χ1) is 2.41. The van der Waals surface area contributed by atoms with E-state index >= 15 is 0 Å². The second-order valence-corrected chi connectivity index (χ2v) is 0.500. The molecule has 6 heavy (non-hydrogen) atoms. The van der Waals surface area contributed by atoms with Crippen LogP contribution < -0.4 is 0 Å². The normalized spacial score (nSPS) is 4.00. The van der Waals surface area contributed by atoms with E-state index in [9.17, 15) is 0 Å². The zero-order valence-corrected chi connectivity index (χ0v) is 8.79. The molecule has 0 fully saturated rings. The van der Waals surface area contributed by atoms with Crippen molar-refractivity contribution in [3.63, 3.8) is 0 Å². The second kappa shape index (κ2) is 36.7. The molecule has 0 heterocycles. The molecule has 0 saturated carbocycles. The van der Waals surface area contributed by atoms with Gasteiger partial charge in [-0.15, -0.1) is 0 Å². The Balaban J connectivity index is -0.0000000275. The Labute approximate surface area is 65.1 Å². The summed E-state index contributed by atoms with van der Waals surface area (Å²) >= 11 is 0. The van der Waals surface area contributed by atoms with E-state index < -0.39 is 0 Å². The van der Waals surface area contributed by atoms with Crippen LogP contribution in [0.15, 0.2) is 0 Å². The first-order valence-corrected chi connectivity index (χ1v) is 1.91. The summed E-state index contributed by atoms with van der Waals surface area (Å²) < 4.78 is 0. The first-order valence-electron chi connectivity index (χ1n) is 1.91. The standard InChI is InChI=1S/C3H7.C2H5.U/c1-3-2;1-2;/h1,3H2,2H3;1H2,2H3;/q2*-1;+2. The molecule has 0 aliphatic heterocycles. The van der Waals surface area contributed by atoms with E-state index in [2.05, 4.69) is 13.8 Å². The quantitative estimate of drug-likeness (QED) is 0.601. The van der Waals surface area contributed by atoms with Crippen LogP contribution in [0.25, 0.3) is 0 Å². The monoisotopic (exact) mass is 310 g/mol. The molecule has 0 N–H and O–H groups in total. The molecule has 0 aromatic rings. The van der Waals surface area contributed by atoms with Crippen LogP contribution in [0.1, 0.15) is 20.3 Å². The van der Waals surface area contributed by atoms with Gasteiger partial charge in [-0.25, -0.2) is 0 Å². The van der Waals surface area contributed by atoms with E-state index in [1.54, 1.807) is 6.92 Å². The summed E-state index contributed by atoms with van der Waals surface area (Å²) in [5.41, 5.74) is 0. The molecule has 0 aliphatic carbocycles. The van der Waals surface area contributed by atoms with Crippen molar-refractivity contribution in [2.45, 2.75) is 20.3 Å². The average Bonchev–Trinajstić information content (AvgIpc) is 1.46. The van der Waals surface area contributed by atoms with E-state index in [0.717, 1.165) is 6.42 Å². The van der Waals surface area contributed by atoms with Crippen LogP contribution >= 0.6 is 0 Å². The fourth-order valence-corrected chi connectivity index (χ4v) is 0. The van der Waals surface area contributed by atoms with Crippen LogP contribution in [-0.2, 0) is 0 Å². The predicted molar refractivity (Wildman–Crippen MR) is 26.7 cm³/mol. The van der Waals surface area contributed by atoms with E-state index in [4.69, 9.17) is 0 Å². The molecule has 0 unspecified atom stereocenters. The number of hydrogen-bond acceptors (Lipinski definition) is 0. The second-order valence-electron chi connectivity index (χ2n) is 0.500. The van der Waals surface area contributed by atoms with E-state index in [1.807, 2.05) is 6.92 Å². The van der Waals surface area contributed by atoms with Crippen LogP contribution in [0, 0.1) is 45.0 Å². The zero-order valence-electron chi connectivity index (χ0n) is 4.62. The molecule has 0 aromatic carbocycles. The Kier molecular flexibility index (Phi) is 96.2. The summed E-state index contributed by atoms with van der Waals surface area (Å²) in [5, 5.41) is 0. The van der Waals surface area contributed by atoms with E-state index in [-0.39, 0.29) is 31.1 Å². The van der Waals surface area contributed by atoms with Gasteiger partial charge in [0.25, 0.3) is 0 Å². The molecule has 36 valence electrons. The Morgan fingerprint density at radius 1 is 1.33 bits per heavy atom. The first kappa shape index (κ1) is 15.7. The average molecular weight is 310 g/mol.